The lowest BCUT2D eigenvalue weighted by molar-refractivity contribution is 0.0697. The number of carboxylic acid groups (broad SMARTS) is 1. The van der Waals surface area contributed by atoms with Gasteiger partial charge in [-0.3, -0.25) is 0 Å². The Kier molecular flexibility index (Phi) is 6.93. The van der Waals surface area contributed by atoms with Gasteiger partial charge in [0.05, 0.1) is 23.8 Å². The van der Waals surface area contributed by atoms with Gasteiger partial charge in [0, 0.05) is 25.9 Å². The number of hydrogen-bond acceptors (Lipinski definition) is 4. The van der Waals surface area contributed by atoms with Gasteiger partial charge in [0.2, 0.25) is 0 Å². The van der Waals surface area contributed by atoms with Crippen molar-refractivity contribution in [2.75, 3.05) is 38.7 Å². The maximum absolute atomic E-state index is 12.0. The molecule has 1 aromatic carbocycles. The number of methoxy groups -OCH3 is 1. The predicted molar refractivity (Wildman–Crippen MR) is 78.0 cm³/mol. The molecule has 0 saturated carbocycles. The van der Waals surface area contributed by atoms with Crippen molar-refractivity contribution < 1.29 is 24.5 Å². The first kappa shape index (κ1) is 17.2. The highest BCUT2D eigenvalue weighted by Crippen LogP contribution is 2.20. The Hall–Kier alpha value is -1.83. The van der Waals surface area contributed by atoms with Crippen molar-refractivity contribution in [2.45, 2.75) is 0 Å². The standard InChI is InChI=1S/C13H17ClN2O5/c1-21-7-5-16(4-6-17)13(20)15-9-2-3-11(14)10(8-9)12(18)19/h2-3,8,17H,4-7H2,1H3,(H,15,20)(H,18,19). The van der Waals surface area contributed by atoms with Gasteiger partial charge in [0.1, 0.15) is 0 Å². The van der Waals surface area contributed by atoms with Gasteiger partial charge in [-0.25, -0.2) is 9.59 Å². The zero-order valence-corrected chi connectivity index (χ0v) is 12.3. The zero-order chi connectivity index (χ0) is 15.8. The van der Waals surface area contributed by atoms with Gasteiger partial charge in [-0.2, -0.15) is 0 Å². The maximum atomic E-state index is 12.0. The minimum absolute atomic E-state index is 0.0899. The predicted octanol–water partition coefficient (Wildman–Crippen LogP) is 1.51. The number of nitrogens with zero attached hydrogens (tertiary/aromatic N) is 1. The van der Waals surface area contributed by atoms with Crippen LogP contribution in [0, 0.1) is 0 Å². The van der Waals surface area contributed by atoms with E-state index in [0.717, 1.165) is 0 Å². The molecular weight excluding hydrogens is 300 g/mol. The fraction of sp³-hybridized carbons (Fsp3) is 0.385. The summed E-state index contributed by atoms with van der Waals surface area (Å²) in [6, 6.07) is 3.71. The molecule has 1 aromatic rings. The number of ether oxygens (including phenoxy) is 1. The van der Waals surface area contributed by atoms with E-state index in [1.807, 2.05) is 0 Å². The third-order valence-electron chi connectivity index (χ3n) is 2.67. The lowest BCUT2D eigenvalue weighted by atomic mass is 10.2. The van der Waals surface area contributed by atoms with Crippen LogP contribution in [-0.4, -0.2) is 60.5 Å². The van der Waals surface area contributed by atoms with Crippen LogP contribution >= 0.6 is 11.6 Å². The quantitative estimate of drug-likeness (QED) is 0.708. The molecule has 0 heterocycles. The fourth-order valence-electron chi connectivity index (χ4n) is 1.61. The molecule has 0 radical (unpaired) electrons. The number of hydrogen-bond donors (Lipinski definition) is 3. The van der Waals surface area contributed by atoms with Crippen molar-refractivity contribution in [1.82, 2.24) is 4.90 Å². The van der Waals surface area contributed by atoms with E-state index < -0.39 is 12.0 Å². The Morgan fingerprint density at radius 3 is 2.67 bits per heavy atom. The van der Waals surface area contributed by atoms with E-state index >= 15 is 0 Å². The summed E-state index contributed by atoms with van der Waals surface area (Å²) in [4.78, 5) is 24.4. The van der Waals surface area contributed by atoms with E-state index in [1.54, 1.807) is 0 Å². The number of carbonyl (C=O) groups is 2. The van der Waals surface area contributed by atoms with Gasteiger partial charge in [-0.15, -0.1) is 0 Å². The Balaban J connectivity index is 2.80. The van der Waals surface area contributed by atoms with Crippen LogP contribution in [0.5, 0.6) is 0 Å². The molecule has 0 atom stereocenters. The number of nitrogens with one attached hydrogen (secondary N) is 1. The average Bonchev–Trinajstić information content (AvgIpc) is 2.45. The lowest BCUT2D eigenvalue weighted by Crippen LogP contribution is -2.39. The SMILES string of the molecule is COCCN(CCO)C(=O)Nc1ccc(Cl)c(C(=O)O)c1. The molecule has 7 nitrogen and oxygen atoms in total. The highest BCUT2D eigenvalue weighted by molar-refractivity contribution is 6.33. The molecular formula is C13H17ClN2O5. The average molecular weight is 317 g/mol. The summed E-state index contributed by atoms with van der Waals surface area (Å²) >= 11 is 5.76. The van der Waals surface area contributed by atoms with Crippen LogP contribution in [0.3, 0.4) is 0 Å². The summed E-state index contributed by atoms with van der Waals surface area (Å²) in [6.07, 6.45) is 0. The summed E-state index contributed by atoms with van der Waals surface area (Å²) < 4.78 is 4.89. The molecule has 116 valence electrons. The smallest absolute Gasteiger partial charge is 0.337 e. The van der Waals surface area contributed by atoms with Crippen LogP contribution in [0.25, 0.3) is 0 Å². The minimum Gasteiger partial charge on any atom is -0.478 e. The molecule has 0 aliphatic rings. The molecule has 0 aliphatic heterocycles. The Morgan fingerprint density at radius 1 is 1.38 bits per heavy atom. The van der Waals surface area contributed by atoms with Gasteiger partial charge < -0.3 is 25.2 Å². The first-order valence-corrected chi connectivity index (χ1v) is 6.56. The number of aromatic carboxylic acids is 1. The van der Waals surface area contributed by atoms with Crippen molar-refractivity contribution in [3.05, 3.63) is 28.8 Å². The summed E-state index contributed by atoms with van der Waals surface area (Å²) in [7, 11) is 1.51. The Labute approximate surface area is 127 Å². The van der Waals surface area contributed by atoms with Crippen molar-refractivity contribution in [3.8, 4) is 0 Å². The molecule has 2 amide bonds. The van der Waals surface area contributed by atoms with Crippen LogP contribution in [0.4, 0.5) is 10.5 Å². The van der Waals surface area contributed by atoms with E-state index in [4.69, 9.17) is 26.6 Å². The van der Waals surface area contributed by atoms with Crippen LogP contribution in [-0.2, 0) is 4.74 Å². The van der Waals surface area contributed by atoms with Gasteiger partial charge in [0.15, 0.2) is 0 Å². The number of aliphatic hydroxyl groups is 1. The molecule has 0 aliphatic carbocycles. The van der Waals surface area contributed by atoms with E-state index in [9.17, 15) is 9.59 Å². The third-order valence-corrected chi connectivity index (χ3v) is 3.00. The number of aliphatic hydroxyl groups excluding tert-OH is 1. The van der Waals surface area contributed by atoms with E-state index in [1.165, 1.54) is 30.2 Å². The largest absolute Gasteiger partial charge is 0.478 e. The van der Waals surface area contributed by atoms with Gasteiger partial charge in [-0.1, -0.05) is 11.6 Å². The number of urea groups is 1. The third kappa shape index (κ3) is 5.22. The van der Waals surface area contributed by atoms with Crippen LogP contribution in [0.2, 0.25) is 5.02 Å². The first-order valence-electron chi connectivity index (χ1n) is 6.18. The highest BCUT2D eigenvalue weighted by Gasteiger charge is 2.15. The Morgan fingerprint density at radius 2 is 2.10 bits per heavy atom. The second-order valence-electron chi connectivity index (χ2n) is 4.13. The first-order chi connectivity index (χ1) is 9.99. The van der Waals surface area contributed by atoms with Crippen molar-refractivity contribution in [2.24, 2.45) is 0 Å². The van der Waals surface area contributed by atoms with Crippen LogP contribution in [0.1, 0.15) is 10.4 Å². The highest BCUT2D eigenvalue weighted by atomic mass is 35.5. The minimum atomic E-state index is -1.18. The van der Waals surface area contributed by atoms with Crippen LogP contribution in [0.15, 0.2) is 18.2 Å². The number of halogens is 1. The van der Waals surface area contributed by atoms with E-state index in [0.29, 0.717) is 18.8 Å². The number of amides is 2. The summed E-state index contributed by atoms with van der Waals surface area (Å²) in [5, 5.41) is 20.6. The molecule has 3 N–H and O–H groups in total. The molecule has 0 fully saturated rings. The fourth-order valence-corrected chi connectivity index (χ4v) is 1.80. The van der Waals surface area contributed by atoms with Crippen LogP contribution < -0.4 is 5.32 Å². The van der Waals surface area contributed by atoms with Crippen molar-refractivity contribution in [1.29, 1.82) is 0 Å². The van der Waals surface area contributed by atoms with E-state index in [2.05, 4.69) is 5.32 Å². The topological polar surface area (TPSA) is 99.1 Å². The molecule has 0 unspecified atom stereocenters. The number of benzene rings is 1. The zero-order valence-electron chi connectivity index (χ0n) is 11.5. The van der Waals surface area contributed by atoms with Gasteiger partial charge in [0.25, 0.3) is 0 Å². The molecule has 1 rings (SSSR count). The molecule has 0 spiro atoms. The summed E-state index contributed by atoms with van der Waals surface area (Å²) in [6.45, 7) is 0.601. The summed E-state index contributed by atoms with van der Waals surface area (Å²) in [5.74, 6) is -1.18. The molecule has 21 heavy (non-hydrogen) atoms. The van der Waals surface area contributed by atoms with Gasteiger partial charge in [-0.05, 0) is 18.2 Å². The maximum Gasteiger partial charge on any atom is 0.337 e. The van der Waals surface area contributed by atoms with E-state index in [-0.39, 0.29) is 23.7 Å². The van der Waals surface area contributed by atoms with Crippen molar-refractivity contribution >= 4 is 29.3 Å². The number of rotatable bonds is 7. The molecule has 0 saturated heterocycles. The lowest BCUT2D eigenvalue weighted by Gasteiger charge is -2.22. The molecule has 8 heteroatoms. The normalized spacial score (nSPS) is 10.2. The number of anilines is 1. The Bertz CT molecular complexity index is 509. The monoisotopic (exact) mass is 316 g/mol. The second-order valence-corrected chi connectivity index (χ2v) is 4.54. The second kappa shape index (κ2) is 8.46. The number of carbonyl (C=O) groups excluding carboxylic acids is 1. The van der Waals surface area contributed by atoms with Crippen molar-refractivity contribution in [3.63, 3.8) is 0 Å². The molecule has 0 aromatic heterocycles. The molecule has 0 bridgehead atoms. The van der Waals surface area contributed by atoms with Gasteiger partial charge >= 0.3 is 12.0 Å². The summed E-state index contributed by atoms with van der Waals surface area (Å²) in [5.41, 5.74) is 0.210. The number of carboxylic acids is 1.